The number of carbonyl (C=O) groups excluding carboxylic acids is 3. The van der Waals surface area contributed by atoms with E-state index in [0.29, 0.717) is 48.4 Å². The SMILES string of the molecule is CC(C)(C)OC(=O)N1CCSC[C@H]1C(=O)NCc1ccc(C(=O)Nc2ccc(Cl)cc2N2CCN(CCC(F)(F)F)CC2)c(F)c1F. The maximum atomic E-state index is 15.2. The average molecular weight is 706 g/mol. The Kier molecular flexibility index (Phi) is 11.9. The van der Waals surface area contributed by atoms with Gasteiger partial charge >= 0.3 is 12.3 Å². The van der Waals surface area contributed by atoms with E-state index >= 15 is 8.78 Å². The van der Waals surface area contributed by atoms with E-state index in [-0.39, 0.29) is 30.9 Å². The van der Waals surface area contributed by atoms with Crippen LogP contribution in [0.3, 0.4) is 0 Å². The highest BCUT2D eigenvalue weighted by Gasteiger charge is 2.35. The van der Waals surface area contributed by atoms with Gasteiger partial charge < -0.3 is 20.3 Å². The van der Waals surface area contributed by atoms with Crippen molar-refractivity contribution in [2.75, 3.05) is 61.0 Å². The van der Waals surface area contributed by atoms with Crippen LogP contribution < -0.4 is 15.5 Å². The maximum absolute atomic E-state index is 15.2. The van der Waals surface area contributed by atoms with E-state index in [1.165, 1.54) is 34.9 Å². The first-order valence-corrected chi connectivity index (χ1v) is 16.5. The van der Waals surface area contributed by atoms with E-state index in [9.17, 15) is 27.6 Å². The number of alkyl halides is 3. The molecular weight excluding hydrogens is 669 g/mol. The van der Waals surface area contributed by atoms with Gasteiger partial charge in [0, 0.05) is 67.9 Å². The van der Waals surface area contributed by atoms with E-state index in [0.717, 1.165) is 6.07 Å². The van der Waals surface area contributed by atoms with Crippen molar-refractivity contribution in [3.8, 4) is 0 Å². The molecule has 2 aromatic rings. The number of thioether (sulfide) groups is 1. The minimum Gasteiger partial charge on any atom is -0.444 e. The fourth-order valence-corrected chi connectivity index (χ4v) is 6.33. The zero-order chi connectivity index (χ0) is 34.5. The van der Waals surface area contributed by atoms with Gasteiger partial charge in [0.15, 0.2) is 11.6 Å². The number of ether oxygens (including phenoxy) is 1. The van der Waals surface area contributed by atoms with Crippen LogP contribution in [0.15, 0.2) is 30.3 Å². The van der Waals surface area contributed by atoms with Crippen molar-refractivity contribution in [3.05, 3.63) is 58.1 Å². The molecular formula is C31H37ClF5N5O4S. The molecule has 2 N–H and O–H groups in total. The number of nitrogens with one attached hydrogen (secondary N) is 2. The molecule has 0 bridgehead atoms. The van der Waals surface area contributed by atoms with Gasteiger partial charge in [0.25, 0.3) is 5.91 Å². The highest BCUT2D eigenvalue weighted by atomic mass is 35.5. The summed E-state index contributed by atoms with van der Waals surface area (Å²) < 4.78 is 73.6. The predicted octanol–water partition coefficient (Wildman–Crippen LogP) is 5.91. The molecule has 0 aliphatic carbocycles. The zero-order valence-corrected chi connectivity index (χ0v) is 27.8. The van der Waals surface area contributed by atoms with Gasteiger partial charge in [-0.05, 0) is 45.0 Å². The van der Waals surface area contributed by atoms with Gasteiger partial charge in [0.2, 0.25) is 5.91 Å². The Hall–Kier alpha value is -3.30. The Morgan fingerprint density at radius 3 is 2.36 bits per heavy atom. The van der Waals surface area contributed by atoms with E-state index < -0.39 is 59.3 Å². The number of piperazine rings is 1. The monoisotopic (exact) mass is 705 g/mol. The normalized spacial score (nSPS) is 17.8. The number of benzene rings is 2. The summed E-state index contributed by atoms with van der Waals surface area (Å²) in [5.41, 5.74) is -0.780. The summed E-state index contributed by atoms with van der Waals surface area (Å²) in [6.45, 7) is 6.35. The predicted molar refractivity (Wildman–Crippen MR) is 171 cm³/mol. The summed E-state index contributed by atoms with van der Waals surface area (Å²) in [6.07, 6.45) is -5.80. The number of hydrogen-bond donors (Lipinski definition) is 2. The van der Waals surface area contributed by atoms with Crippen LogP contribution in [0.25, 0.3) is 0 Å². The summed E-state index contributed by atoms with van der Waals surface area (Å²) in [7, 11) is 0. The molecule has 0 spiro atoms. The molecule has 2 aromatic carbocycles. The van der Waals surface area contributed by atoms with Gasteiger partial charge in [0.05, 0.1) is 23.4 Å². The first kappa shape index (κ1) is 36.5. The molecule has 2 aliphatic heterocycles. The first-order chi connectivity index (χ1) is 22.0. The molecule has 47 heavy (non-hydrogen) atoms. The third-order valence-corrected chi connectivity index (χ3v) is 8.81. The molecule has 0 radical (unpaired) electrons. The standard InChI is InChI=1S/C31H37ClF5N5O4S/c1-30(2,3)46-29(45)42-14-15-47-18-24(42)28(44)38-17-19-4-6-21(26(34)25(19)33)27(43)39-22-7-5-20(32)16-23(22)41-12-10-40(11-13-41)9-8-31(35,36)37/h4-7,16,24H,8-15,17-18H2,1-3H3,(H,38,44)(H,39,43)/t24-/m0/s1. The number of carbonyl (C=O) groups is 3. The second-order valence-electron chi connectivity index (χ2n) is 12.2. The molecule has 9 nitrogen and oxygen atoms in total. The van der Waals surface area contributed by atoms with Crippen molar-refractivity contribution in [2.45, 2.75) is 51.6 Å². The highest BCUT2D eigenvalue weighted by molar-refractivity contribution is 7.99. The van der Waals surface area contributed by atoms with Crippen LogP contribution >= 0.6 is 23.4 Å². The molecule has 258 valence electrons. The van der Waals surface area contributed by atoms with Crippen LogP contribution in [-0.4, -0.2) is 96.3 Å². The number of rotatable bonds is 8. The van der Waals surface area contributed by atoms with Crippen LogP contribution in [0.1, 0.15) is 43.1 Å². The highest BCUT2D eigenvalue weighted by Crippen LogP contribution is 2.32. The number of anilines is 2. The molecule has 2 aliphatic rings. The Bertz CT molecular complexity index is 1470. The third kappa shape index (κ3) is 10.1. The molecule has 0 unspecified atom stereocenters. The number of amides is 3. The maximum Gasteiger partial charge on any atom is 0.411 e. The molecule has 3 amide bonds. The van der Waals surface area contributed by atoms with E-state index in [2.05, 4.69) is 10.6 Å². The molecule has 0 aromatic heterocycles. The lowest BCUT2D eigenvalue weighted by atomic mass is 10.1. The second kappa shape index (κ2) is 15.3. The molecule has 16 heteroatoms. The summed E-state index contributed by atoms with van der Waals surface area (Å²) in [6, 6.07) is 6.04. The zero-order valence-electron chi connectivity index (χ0n) is 26.2. The van der Waals surface area contributed by atoms with Crippen LogP contribution in [0, 0.1) is 11.6 Å². The lowest BCUT2D eigenvalue weighted by Crippen LogP contribution is -2.54. The largest absolute Gasteiger partial charge is 0.444 e. The number of hydrogen-bond acceptors (Lipinski definition) is 7. The van der Waals surface area contributed by atoms with Gasteiger partial charge in [-0.25, -0.2) is 13.6 Å². The van der Waals surface area contributed by atoms with E-state index in [4.69, 9.17) is 16.3 Å². The summed E-state index contributed by atoms with van der Waals surface area (Å²) >= 11 is 7.67. The number of nitrogens with zero attached hydrogens (tertiary/aromatic N) is 3. The van der Waals surface area contributed by atoms with Gasteiger partial charge in [-0.3, -0.25) is 19.4 Å². The van der Waals surface area contributed by atoms with Crippen molar-refractivity contribution < 1.29 is 41.1 Å². The lowest BCUT2D eigenvalue weighted by Gasteiger charge is -2.37. The number of halogens is 6. The van der Waals surface area contributed by atoms with Gasteiger partial charge in [-0.1, -0.05) is 17.7 Å². The van der Waals surface area contributed by atoms with Gasteiger partial charge in [-0.2, -0.15) is 24.9 Å². The Labute approximate surface area is 279 Å². The van der Waals surface area contributed by atoms with Crippen LogP contribution in [0.5, 0.6) is 0 Å². The molecule has 2 fully saturated rings. The topological polar surface area (TPSA) is 94.2 Å². The Morgan fingerprint density at radius 1 is 1.00 bits per heavy atom. The summed E-state index contributed by atoms with van der Waals surface area (Å²) in [5.74, 6) is -3.29. The minimum absolute atomic E-state index is 0.120. The molecule has 4 rings (SSSR count). The van der Waals surface area contributed by atoms with Gasteiger partial charge in [-0.15, -0.1) is 0 Å². The van der Waals surface area contributed by atoms with E-state index in [1.807, 2.05) is 4.90 Å². The average Bonchev–Trinajstić information content (AvgIpc) is 3.00. The van der Waals surface area contributed by atoms with Crippen molar-refractivity contribution in [1.29, 1.82) is 0 Å². The molecule has 0 saturated carbocycles. The van der Waals surface area contributed by atoms with Crippen LogP contribution in [0.2, 0.25) is 5.02 Å². The third-order valence-electron chi connectivity index (χ3n) is 7.55. The Morgan fingerprint density at radius 2 is 1.70 bits per heavy atom. The smallest absolute Gasteiger partial charge is 0.411 e. The fourth-order valence-electron chi connectivity index (χ4n) is 5.12. The fraction of sp³-hybridized carbons (Fsp3) is 0.516. The van der Waals surface area contributed by atoms with Crippen LogP contribution in [-0.2, 0) is 16.1 Å². The van der Waals surface area contributed by atoms with Crippen LogP contribution in [0.4, 0.5) is 38.1 Å². The summed E-state index contributed by atoms with van der Waals surface area (Å²) in [4.78, 5) is 43.6. The van der Waals surface area contributed by atoms with Crippen molar-refractivity contribution >= 4 is 52.6 Å². The van der Waals surface area contributed by atoms with E-state index in [1.54, 1.807) is 31.7 Å². The molecule has 2 saturated heterocycles. The second-order valence-corrected chi connectivity index (χ2v) is 13.8. The Balaban J connectivity index is 1.40. The van der Waals surface area contributed by atoms with Crippen molar-refractivity contribution in [1.82, 2.24) is 15.1 Å². The van der Waals surface area contributed by atoms with Crippen molar-refractivity contribution in [3.63, 3.8) is 0 Å². The quantitative estimate of drug-likeness (QED) is 0.330. The molecule has 2 heterocycles. The summed E-state index contributed by atoms with van der Waals surface area (Å²) in [5, 5.41) is 5.49. The minimum atomic E-state index is -4.25. The lowest BCUT2D eigenvalue weighted by molar-refractivity contribution is -0.138. The van der Waals surface area contributed by atoms with Gasteiger partial charge in [0.1, 0.15) is 11.6 Å². The molecule has 1 atom stereocenters. The van der Waals surface area contributed by atoms with Crippen molar-refractivity contribution in [2.24, 2.45) is 0 Å². The first-order valence-electron chi connectivity index (χ1n) is 15.0.